The summed E-state index contributed by atoms with van der Waals surface area (Å²) in [7, 11) is 0. The van der Waals surface area contributed by atoms with Gasteiger partial charge in [-0.1, -0.05) is 0 Å². The van der Waals surface area contributed by atoms with E-state index in [2.05, 4.69) is 15.9 Å². The number of ether oxygens (including phenoxy) is 1. The summed E-state index contributed by atoms with van der Waals surface area (Å²) in [6.07, 6.45) is 1.51. The van der Waals surface area contributed by atoms with Crippen molar-refractivity contribution in [2.75, 3.05) is 0 Å². The number of carbonyl (C=O) groups excluding carboxylic acids is 2. The van der Waals surface area contributed by atoms with Crippen LogP contribution < -0.4 is 0 Å². The molecule has 23 heavy (non-hydrogen) atoms. The molecule has 2 aromatic heterocycles. The minimum atomic E-state index is -0.278. The van der Waals surface area contributed by atoms with Gasteiger partial charge in [0.15, 0.2) is 0 Å². The number of rotatable bonds is 4. The molecule has 3 rings (SSSR count). The van der Waals surface area contributed by atoms with E-state index in [1.54, 1.807) is 0 Å². The van der Waals surface area contributed by atoms with E-state index in [0.717, 1.165) is 29.6 Å². The SMILES string of the molecule is CC(C)OC(=O)C1CCCn2c(C(=O)c3sccc3Br)ccc21. The number of esters is 1. The van der Waals surface area contributed by atoms with Gasteiger partial charge >= 0.3 is 5.97 Å². The van der Waals surface area contributed by atoms with E-state index in [0.29, 0.717) is 10.6 Å². The van der Waals surface area contributed by atoms with Crippen LogP contribution in [0.2, 0.25) is 0 Å². The first-order chi connectivity index (χ1) is 11.0. The van der Waals surface area contributed by atoms with Crippen molar-refractivity contribution in [3.05, 3.63) is 44.3 Å². The molecule has 4 nitrogen and oxygen atoms in total. The standard InChI is InChI=1S/C17H18BrNO3S/c1-10(2)22-17(21)11-4-3-8-19-13(11)5-6-14(19)15(20)16-12(18)7-9-23-16/h5-7,9-11H,3-4,8H2,1-2H3. The van der Waals surface area contributed by atoms with Crippen LogP contribution in [0.1, 0.15) is 53.7 Å². The normalized spacial score (nSPS) is 17.1. The highest BCUT2D eigenvalue weighted by molar-refractivity contribution is 9.10. The van der Waals surface area contributed by atoms with Gasteiger partial charge in [0.25, 0.3) is 0 Å². The number of thiophene rings is 1. The number of fused-ring (bicyclic) bond motifs is 1. The molecule has 3 heterocycles. The number of hydrogen-bond donors (Lipinski definition) is 0. The van der Waals surface area contributed by atoms with Crippen molar-refractivity contribution >= 4 is 39.0 Å². The zero-order valence-electron chi connectivity index (χ0n) is 13.0. The molecule has 0 fully saturated rings. The third kappa shape index (κ3) is 3.15. The summed E-state index contributed by atoms with van der Waals surface area (Å²) in [4.78, 5) is 25.8. The maximum Gasteiger partial charge on any atom is 0.315 e. The number of halogens is 1. The Balaban J connectivity index is 1.93. The number of carbonyl (C=O) groups is 2. The molecule has 0 radical (unpaired) electrons. The first-order valence-electron chi connectivity index (χ1n) is 7.66. The minimum absolute atomic E-state index is 0.00370. The molecule has 2 aromatic rings. The lowest BCUT2D eigenvalue weighted by atomic mass is 9.96. The van der Waals surface area contributed by atoms with Gasteiger partial charge in [0.2, 0.25) is 5.78 Å². The topological polar surface area (TPSA) is 48.3 Å². The van der Waals surface area contributed by atoms with Gasteiger partial charge in [-0.2, -0.15) is 0 Å². The molecule has 0 N–H and O–H groups in total. The number of nitrogens with zero attached hydrogens (tertiary/aromatic N) is 1. The minimum Gasteiger partial charge on any atom is -0.462 e. The van der Waals surface area contributed by atoms with E-state index in [1.165, 1.54) is 11.3 Å². The average Bonchev–Trinajstić information content (AvgIpc) is 3.11. The van der Waals surface area contributed by atoms with Gasteiger partial charge in [-0.25, -0.2) is 0 Å². The van der Waals surface area contributed by atoms with E-state index in [9.17, 15) is 9.59 Å². The molecule has 0 saturated heterocycles. The Labute approximate surface area is 147 Å². The maximum absolute atomic E-state index is 12.8. The second-order valence-electron chi connectivity index (χ2n) is 5.90. The third-order valence-corrected chi connectivity index (χ3v) is 5.77. The van der Waals surface area contributed by atoms with Gasteiger partial charge < -0.3 is 9.30 Å². The van der Waals surface area contributed by atoms with E-state index in [1.807, 2.05) is 42.0 Å². The largest absolute Gasteiger partial charge is 0.462 e. The Morgan fingerprint density at radius 3 is 2.78 bits per heavy atom. The first-order valence-corrected chi connectivity index (χ1v) is 9.34. The van der Waals surface area contributed by atoms with E-state index in [4.69, 9.17) is 4.74 Å². The van der Waals surface area contributed by atoms with Gasteiger partial charge in [-0.15, -0.1) is 11.3 Å². The molecule has 0 aromatic carbocycles. The summed E-state index contributed by atoms with van der Waals surface area (Å²) in [6, 6.07) is 5.59. The van der Waals surface area contributed by atoms with Crippen LogP contribution in [0.3, 0.4) is 0 Å². The Kier molecular flexibility index (Phi) is 4.73. The average molecular weight is 396 g/mol. The van der Waals surface area contributed by atoms with Crippen molar-refractivity contribution < 1.29 is 14.3 Å². The fraction of sp³-hybridized carbons (Fsp3) is 0.412. The van der Waals surface area contributed by atoms with Gasteiger partial charge in [0.1, 0.15) is 0 Å². The van der Waals surface area contributed by atoms with Gasteiger partial charge in [0, 0.05) is 16.7 Å². The second kappa shape index (κ2) is 6.61. The molecule has 1 aliphatic rings. The molecule has 0 aliphatic carbocycles. The second-order valence-corrected chi connectivity index (χ2v) is 7.67. The van der Waals surface area contributed by atoms with Crippen molar-refractivity contribution in [1.29, 1.82) is 0 Å². The third-order valence-electron chi connectivity index (χ3n) is 3.94. The molecular formula is C17H18BrNO3S. The molecule has 122 valence electrons. The molecule has 0 spiro atoms. The Morgan fingerprint density at radius 1 is 1.35 bits per heavy atom. The molecule has 1 unspecified atom stereocenters. The zero-order valence-corrected chi connectivity index (χ0v) is 15.4. The molecular weight excluding hydrogens is 378 g/mol. The van der Waals surface area contributed by atoms with Gasteiger partial charge in [-0.05, 0) is 66.2 Å². The highest BCUT2D eigenvalue weighted by Gasteiger charge is 2.31. The lowest BCUT2D eigenvalue weighted by Crippen LogP contribution is -2.26. The zero-order chi connectivity index (χ0) is 16.6. The number of ketones is 1. The van der Waals surface area contributed by atoms with Crippen LogP contribution in [0.15, 0.2) is 28.1 Å². The van der Waals surface area contributed by atoms with Crippen molar-refractivity contribution in [1.82, 2.24) is 4.57 Å². The van der Waals surface area contributed by atoms with E-state index >= 15 is 0 Å². The summed E-state index contributed by atoms with van der Waals surface area (Å²) in [5.74, 6) is -0.481. The van der Waals surface area contributed by atoms with Crippen LogP contribution in [0, 0.1) is 0 Å². The van der Waals surface area contributed by atoms with Gasteiger partial charge in [0.05, 0.1) is 22.6 Å². The van der Waals surface area contributed by atoms with Crippen LogP contribution in [0.5, 0.6) is 0 Å². The quantitative estimate of drug-likeness (QED) is 0.570. The van der Waals surface area contributed by atoms with Crippen LogP contribution in [0.25, 0.3) is 0 Å². The van der Waals surface area contributed by atoms with Crippen LogP contribution in [-0.2, 0) is 16.1 Å². The van der Waals surface area contributed by atoms with Crippen molar-refractivity contribution in [3.63, 3.8) is 0 Å². The fourth-order valence-electron chi connectivity index (χ4n) is 2.96. The fourth-order valence-corrected chi connectivity index (χ4v) is 4.46. The summed E-state index contributed by atoms with van der Waals surface area (Å²) >= 11 is 4.84. The molecule has 0 amide bonds. The summed E-state index contributed by atoms with van der Waals surface area (Å²) < 4.78 is 8.16. The molecule has 1 atom stereocenters. The Morgan fingerprint density at radius 2 is 2.13 bits per heavy atom. The smallest absolute Gasteiger partial charge is 0.315 e. The molecule has 1 aliphatic heterocycles. The van der Waals surface area contributed by atoms with Crippen molar-refractivity contribution in [2.24, 2.45) is 0 Å². The van der Waals surface area contributed by atoms with Crippen molar-refractivity contribution in [2.45, 2.75) is 45.3 Å². The molecule has 0 saturated carbocycles. The summed E-state index contributed by atoms with van der Waals surface area (Å²) in [6.45, 7) is 4.46. The predicted octanol–water partition coefficient (Wildman–Crippen LogP) is 4.37. The van der Waals surface area contributed by atoms with Crippen LogP contribution in [0.4, 0.5) is 0 Å². The lowest BCUT2D eigenvalue weighted by molar-refractivity contribution is -0.149. The highest BCUT2D eigenvalue weighted by Crippen LogP contribution is 2.33. The first kappa shape index (κ1) is 16.5. The maximum atomic E-state index is 12.8. The van der Waals surface area contributed by atoms with E-state index in [-0.39, 0.29) is 23.8 Å². The Hall–Kier alpha value is -1.40. The van der Waals surface area contributed by atoms with Gasteiger partial charge in [-0.3, -0.25) is 9.59 Å². The predicted molar refractivity (Wildman–Crippen MR) is 93.1 cm³/mol. The van der Waals surface area contributed by atoms with Crippen molar-refractivity contribution in [3.8, 4) is 0 Å². The number of hydrogen-bond acceptors (Lipinski definition) is 4. The summed E-state index contributed by atoms with van der Waals surface area (Å²) in [5.41, 5.74) is 1.53. The lowest BCUT2D eigenvalue weighted by Gasteiger charge is -2.25. The molecule has 0 bridgehead atoms. The summed E-state index contributed by atoms with van der Waals surface area (Å²) in [5, 5.41) is 1.89. The monoisotopic (exact) mass is 395 g/mol. The highest BCUT2D eigenvalue weighted by atomic mass is 79.9. The van der Waals surface area contributed by atoms with Crippen LogP contribution >= 0.6 is 27.3 Å². The molecule has 6 heteroatoms. The van der Waals surface area contributed by atoms with E-state index < -0.39 is 0 Å². The number of aromatic nitrogens is 1. The Bertz CT molecular complexity index is 747. The van der Waals surface area contributed by atoms with Crippen LogP contribution in [-0.4, -0.2) is 22.4 Å².